The van der Waals surface area contributed by atoms with Crippen LogP contribution in [0.25, 0.3) is 0 Å². The topological polar surface area (TPSA) is 43.9 Å². The zero-order valence-corrected chi connectivity index (χ0v) is 15.1. The van der Waals surface area contributed by atoms with Crippen LogP contribution in [-0.2, 0) is 9.59 Å². The molecular formula is C19H31N3O2. The molecule has 24 heavy (non-hydrogen) atoms. The van der Waals surface area contributed by atoms with Crippen molar-refractivity contribution in [3.63, 3.8) is 0 Å². The van der Waals surface area contributed by atoms with Gasteiger partial charge in [0.2, 0.25) is 11.8 Å². The molecule has 2 fully saturated rings. The zero-order valence-electron chi connectivity index (χ0n) is 15.1. The van der Waals surface area contributed by atoms with E-state index in [1.165, 1.54) is 0 Å². The molecule has 2 aliphatic heterocycles. The Bertz CT molecular complexity index is 481. The van der Waals surface area contributed by atoms with E-state index in [4.69, 9.17) is 0 Å². The molecule has 0 aliphatic carbocycles. The predicted octanol–water partition coefficient (Wildman–Crippen LogP) is 1.73. The number of carbonyl (C=O) groups excluding carboxylic acids is 2. The third kappa shape index (κ3) is 6.16. The number of hydrogen-bond donors (Lipinski definition) is 0. The third-order valence-electron chi connectivity index (χ3n) is 4.81. The van der Waals surface area contributed by atoms with Gasteiger partial charge in [-0.05, 0) is 19.3 Å². The van der Waals surface area contributed by atoms with Gasteiger partial charge in [0.1, 0.15) is 0 Å². The van der Waals surface area contributed by atoms with Crippen molar-refractivity contribution in [3.05, 3.63) is 0 Å². The summed E-state index contributed by atoms with van der Waals surface area (Å²) >= 11 is 0. The highest BCUT2D eigenvalue weighted by atomic mass is 16.2. The first-order chi connectivity index (χ1) is 11.7. The fourth-order valence-corrected chi connectivity index (χ4v) is 3.33. The maximum Gasteiger partial charge on any atom is 0.224 e. The van der Waals surface area contributed by atoms with Crippen molar-refractivity contribution in [2.75, 3.05) is 45.8 Å². The zero-order chi connectivity index (χ0) is 17.2. The lowest BCUT2D eigenvalue weighted by molar-refractivity contribution is -0.134. The average molecular weight is 333 g/mol. The van der Waals surface area contributed by atoms with Gasteiger partial charge in [-0.15, -0.1) is 5.92 Å². The van der Waals surface area contributed by atoms with Gasteiger partial charge in [0.15, 0.2) is 0 Å². The molecule has 0 aromatic heterocycles. The first-order valence-electron chi connectivity index (χ1n) is 9.44. The van der Waals surface area contributed by atoms with Gasteiger partial charge < -0.3 is 9.80 Å². The minimum absolute atomic E-state index is 0.188. The summed E-state index contributed by atoms with van der Waals surface area (Å²) < 4.78 is 0. The smallest absolute Gasteiger partial charge is 0.224 e. The highest BCUT2D eigenvalue weighted by Crippen LogP contribution is 2.12. The van der Waals surface area contributed by atoms with Crippen molar-refractivity contribution in [1.82, 2.24) is 14.7 Å². The molecule has 0 N–H and O–H groups in total. The molecular weight excluding hydrogens is 302 g/mol. The number of hydrogen-bond acceptors (Lipinski definition) is 3. The number of amides is 2. The quantitative estimate of drug-likeness (QED) is 0.736. The summed E-state index contributed by atoms with van der Waals surface area (Å²) in [5.74, 6) is 6.70. The molecule has 0 spiro atoms. The number of nitrogens with zero attached hydrogens (tertiary/aromatic N) is 3. The summed E-state index contributed by atoms with van der Waals surface area (Å²) in [5.41, 5.74) is 0. The van der Waals surface area contributed by atoms with Crippen LogP contribution < -0.4 is 0 Å². The molecule has 2 heterocycles. The van der Waals surface area contributed by atoms with Crippen LogP contribution in [0.5, 0.6) is 0 Å². The average Bonchev–Trinajstić information content (AvgIpc) is 2.94. The van der Waals surface area contributed by atoms with Crippen LogP contribution >= 0.6 is 0 Å². The fourth-order valence-electron chi connectivity index (χ4n) is 3.33. The van der Waals surface area contributed by atoms with E-state index in [-0.39, 0.29) is 11.8 Å². The number of rotatable bonds is 4. The van der Waals surface area contributed by atoms with Gasteiger partial charge in [-0.2, -0.15) is 0 Å². The van der Waals surface area contributed by atoms with Gasteiger partial charge in [0, 0.05) is 58.5 Å². The van der Waals surface area contributed by atoms with Crippen molar-refractivity contribution in [2.45, 2.75) is 51.9 Å². The minimum atomic E-state index is 0.188. The molecule has 5 heteroatoms. The lowest BCUT2D eigenvalue weighted by Gasteiger charge is -2.24. The maximum atomic E-state index is 12.5. The van der Waals surface area contributed by atoms with E-state index in [1.54, 1.807) is 0 Å². The summed E-state index contributed by atoms with van der Waals surface area (Å²) in [6.07, 6.45) is 6.19. The standard InChI is InChI=1S/C19H31N3O2/c1-2-3-6-11-20-12-8-14-22(17-16-20)19(24)10-15-21-13-7-4-5-9-18(21)23/h2,4-5,7-17H2,1H3. The molecule has 2 aliphatic rings. The van der Waals surface area contributed by atoms with Gasteiger partial charge in [-0.25, -0.2) is 0 Å². The van der Waals surface area contributed by atoms with Crippen molar-refractivity contribution in [3.8, 4) is 11.8 Å². The van der Waals surface area contributed by atoms with E-state index in [1.807, 2.05) is 9.80 Å². The molecule has 0 radical (unpaired) electrons. The van der Waals surface area contributed by atoms with E-state index in [9.17, 15) is 9.59 Å². The molecule has 2 rings (SSSR count). The van der Waals surface area contributed by atoms with Crippen LogP contribution in [0.4, 0.5) is 0 Å². The molecule has 0 aromatic carbocycles. The molecule has 5 nitrogen and oxygen atoms in total. The summed E-state index contributed by atoms with van der Waals surface area (Å²) in [4.78, 5) is 30.7. The molecule has 2 saturated heterocycles. The van der Waals surface area contributed by atoms with Crippen molar-refractivity contribution in [2.24, 2.45) is 0 Å². The first kappa shape index (κ1) is 18.8. The van der Waals surface area contributed by atoms with Crippen molar-refractivity contribution in [1.29, 1.82) is 0 Å². The van der Waals surface area contributed by atoms with Gasteiger partial charge >= 0.3 is 0 Å². The van der Waals surface area contributed by atoms with Crippen LogP contribution in [0.2, 0.25) is 0 Å². The summed E-state index contributed by atoms with van der Waals surface area (Å²) in [5, 5.41) is 0. The van der Waals surface area contributed by atoms with Crippen molar-refractivity contribution < 1.29 is 9.59 Å². The fraction of sp³-hybridized carbons (Fsp3) is 0.789. The second-order valence-electron chi connectivity index (χ2n) is 6.66. The molecule has 0 saturated carbocycles. The maximum absolute atomic E-state index is 12.5. The van der Waals surface area contributed by atoms with E-state index >= 15 is 0 Å². The lowest BCUT2D eigenvalue weighted by Crippen LogP contribution is -2.38. The molecule has 0 aromatic rings. The molecule has 134 valence electrons. The molecule has 2 amide bonds. The Hall–Kier alpha value is -1.54. The van der Waals surface area contributed by atoms with Gasteiger partial charge in [-0.1, -0.05) is 19.3 Å². The second-order valence-corrected chi connectivity index (χ2v) is 6.66. The Morgan fingerprint density at radius 3 is 2.71 bits per heavy atom. The van der Waals surface area contributed by atoms with Crippen molar-refractivity contribution >= 4 is 11.8 Å². The minimum Gasteiger partial charge on any atom is -0.342 e. The highest BCUT2D eigenvalue weighted by Gasteiger charge is 2.21. The van der Waals surface area contributed by atoms with Crippen LogP contribution in [-0.4, -0.2) is 72.3 Å². The van der Waals surface area contributed by atoms with Crippen LogP contribution in [0.1, 0.15) is 51.9 Å². The van der Waals surface area contributed by atoms with Crippen LogP contribution in [0, 0.1) is 11.8 Å². The van der Waals surface area contributed by atoms with E-state index < -0.39 is 0 Å². The highest BCUT2D eigenvalue weighted by molar-refractivity contribution is 5.79. The number of likely N-dealkylation sites (tertiary alicyclic amines) is 1. The van der Waals surface area contributed by atoms with Gasteiger partial charge in [0.05, 0.1) is 6.54 Å². The molecule has 0 bridgehead atoms. The molecule has 0 atom stereocenters. The van der Waals surface area contributed by atoms with Crippen LogP contribution in [0.3, 0.4) is 0 Å². The van der Waals surface area contributed by atoms with Crippen LogP contribution in [0.15, 0.2) is 0 Å². The second kappa shape index (κ2) is 10.4. The Balaban J connectivity index is 1.74. The van der Waals surface area contributed by atoms with Gasteiger partial charge in [-0.3, -0.25) is 14.5 Å². The van der Waals surface area contributed by atoms with E-state index in [0.717, 1.165) is 71.4 Å². The summed E-state index contributed by atoms with van der Waals surface area (Å²) in [6, 6.07) is 0. The summed E-state index contributed by atoms with van der Waals surface area (Å²) in [7, 11) is 0. The normalized spacial score (nSPS) is 20.1. The Morgan fingerprint density at radius 2 is 1.88 bits per heavy atom. The SMILES string of the molecule is CCC#CCN1CCCN(C(=O)CCN2CCCCCC2=O)CC1. The Labute approximate surface area is 146 Å². The van der Waals surface area contributed by atoms with E-state index in [0.29, 0.717) is 19.4 Å². The molecule has 0 unspecified atom stereocenters. The largest absolute Gasteiger partial charge is 0.342 e. The lowest BCUT2D eigenvalue weighted by atomic mass is 10.2. The number of carbonyl (C=O) groups is 2. The third-order valence-corrected chi connectivity index (χ3v) is 4.81. The summed E-state index contributed by atoms with van der Waals surface area (Å²) in [6.45, 7) is 7.77. The van der Waals surface area contributed by atoms with E-state index in [2.05, 4.69) is 23.7 Å². The Morgan fingerprint density at radius 1 is 1.00 bits per heavy atom. The predicted molar refractivity (Wildman–Crippen MR) is 95.4 cm³/mol. The Kier molecular flexibility index (Phi) is 8.11. The first-order valence-corrected chi connectivity index (χ1v) is 9.44. The monoisotopic (exact) mass is 333 g/mol. The van der Waals surface area contributed by atoms with Gasteiger partial charge in [0.25, 0.3) is 0 Å².